The Balaban J connectivity index is 0.000000220. The number of ether oxygens (including phenoxy) is 2. The zero-order valence-electron chi connectivity index (χ0n) is 12.6. The van der Waals surface area contributed by atoms with Gasteiger partial charge in [0.05, 0.1) is 13.2 Å². The number of carbonyl (C=O) groups excluding carboxylic acids is 2. The second kappa shape index (κ2) is 10.0. The van der Waals surface area contributed by atoms with Crippen molar-refractivity contribution in [2.45, 2.75) is 13.8 Å². The van der Waals surface area contributed by atoms with Gasteiger partial charge >= 0.3 is 11.9 Å². The van der Waals surface area contributed by atoms with E-state index in [1.54, 1.807) is 62.6 Å². The second-order valence-electron chi connectivity index (χ2n) is 3.87. The highest BCUT2D eigenvalue weighted by Gasteiger charge is 2.05. The monoisotopic (exact) mass is 302 g/mol. The zero-order chi connectivity index (χ0) is 16.2. The van der Waals surface area contributed by atoms with Crippen LogP contribution in [0, 0.1) is 0 Å². The molecular formula is C16H18N2O4. The Morgan fingerprint density at radius 3 is 1.50 bits per heavy atom. The number of hydrogen-bond donors (Lipinski definition) is 0. The second-order valence-corrected chi connectivity index (χ2v) is 3.87. The predicted molar refractivity (Wildman–Crippen MR) is 80.4 cm³/mol. The van der Waals surface area contributed by atoms with E-state index in [-0.39, 0.29) is 11.9 Å². The molecule has 0 aliphatic heterocycles. The summed E-state index contributed by atoms with van der Waals surface area (Å²) in [6, 6.07) is 10.2. The summed E-state index contributed by atoms with van der Waals surface area (Å²) in [6.07, 6.45) is 3.12. The number of aromatic nitrogens is 2. The van der Waals surface area contributed by atoms with Crippen molar-refractivity contribution in [3.8, 4) is 0 Å². The van der Waals surface area contributed by atoms with Gasteiger partial charge in [0.15, 0.2) is 0 Å². The molecule has 0 atom stereocenters. The first kappa shape index (κ1) is 17.3. The summed E-state index contributed by atoms with van der Waals surface area (Å²) in [5, 5.41) is 0. The lowest BCUT2D eigenvalue weighted by atomic mass is 10.4. The van der Waals surface area contributed by atoms with Crippen LogP contribution in [0.3, 0.4) is 0 Å². The van der Waals surface area contributed by atoms with E-state index in [1.165, 1.54) is 0 Å². The molecule has 0 aliphatic carbocycles. The molecule has 0 aliphatic rings. The first-order valence-electron chi connectivity index (χ1n) is 6.85. The number of esters is 2. The first-order chi connectivity index (χ1) is 10.7. The molecule has 0 bridgehead atoms. The van der Waals surface area contributed by atoms with Crippen LogP contribution in [0.25, 0.3) is 0 Å². The average molecular weight is 302 g/mol. The van der Waals surface area contributed by atoms with Gasteiger partial charge in [-0.3, -0.25) is 0 Å². The van der Waals surface area contributed by atoms with Gasteiger partial charge in [-0.2, -0.15) is 0 Å². The van der Waals surface area contributed by atoms with E-state index >= 15 is 0 Å². The van der Waals surface area contributed by atoms with Crippen molar-refractivity contribution in [3.63, 3.8) is 0 Å². The van der Waals surface area contributed by atoms with Gasteiger partial charge in [-0.15, -0.1) is 0 Å². The van der Waals surface area contributed by atoms with Crippen molar-refractivity contribution >= 4 is 11.9 Å². The Bertz CT molecular complexity index is 520. The van der Waals surface area contributed by atoms with Crippen molar-refractivity contribution in [2.75, 3.05) is 13.2 Å². The molecule has 6 nitrogen and oxygen atoms in total. The van der Waals surface area contributed by atoms with Crippen LogP contribution in [-0.4, -0.2) is 35.1 Å². The quantitative estimate of drug-likeness (QED) is 0.807. The van der Waals surface area contributed by atoms with Crippen molar-refractivity contribution < 1.29 is 19.1 Å². The molecule has 6 heteroatoms. The van der Waals surface area contributed by atoms with Crippen molar-refractivity contribution in [3.05, 3.63) is 60.2 Å². The van der Waals surface area contributed by atoms with Crippen LogP contribution in [0.4, 0.5) is 0 Å². The molecule has 0 aromatic carbocycles. The van der Waals surface area contributed by atoms with Crippen LogP contribution in [0.1, 0.15) is 34.8 Å². The van der Waals surface area contributed by atoms with E-state index in [0.29, 0.717) is 24.6 Å². The van der Waals surface area contributed by atoms with Gasteiger partial charge in [0.1, 0.15) is 11.4 Å². The maximum Gasteiger partial charge on any atom is 0.356 e. The highest BCUT2D eigenvalue weighted by Crippen LogP contribution is 1.96. The average Bonchev–Trinajstić information content (AvgIpc) is 2.57. The van der Waals surface area contributed by atoms with Gasteiger partial charge in [0.2, 0.25) is 0 Å². The smallest absolute Gasteiger partial charge is 0.356 e. The third-order valence-electron chi connectivity index (χ3n) is 2.30. The van der Waals surface area contributed by atoms with Crippen LogP contribution in [0.15, 0.2) is 48.8 Å². The largest absolute Gasteiger partial charge is 0.461 e. The van der Waals surface area contributed by atoms with Gasteiger partial charge < -0.3 is 9.47 Å². The van der Waals surface area contributed by atoms with Crippen LogP contribution in [0.5, 0.6) is 0 Å². The SMILES string of the molecule is CCOC(=O)c1ccccn1.CCOC(=O)c1ccccn1. The van der Waals surface area contributed by atoms with Gasteiger partial charge in [-0.25, -0.2) is 19.6 Å². The fourth-order valence-electron chi connectivity index (χ4n) is 1.38. The van der Waals surface area contributed by atoms with E-state index < -0.39 is 0 Å². The fourth-order valence-corrected chi connectivity index (χ4v) is 1.38. The van der Waals surface area contributed by atoms with Crippen LogP contribution in [0.2, 0.25) is 0 Å². The third kappa shape index (κ3) is 6.13. The molecule has 0 N–H and O–H groups in total. The molecule has 0 saturated carbocycles. The Hall–Kier alpha value is -2.76. The highest BCUT2D eigenvalue weighted by atomic mass is 16.5. The molecule has 116 valence electrons. The standard InChI is InChI=1S/2C8H9NO2/c2*1-2-11-8(10)7-5-3-4-6-9-7/h2*3-6H,2H2,1H3. The number of hydrogen-bond acceptors (Lipinski definition) is 6. The Morgan fingerprint density at radius 1 is 0.818 bits per heavy atom. The van der Waals surface area contributed by atoms with E-state index in [9.17, 15) is 9.59 Å². The topological polar surface area (TPSA) is 78.4 Å². The molecule has 0 spiro atoms. The minimum absolute atomic E-state index is 0.356. The first-order valence-corrected chi connectivity index (χ1v) is 6.85. The van der Waals surface area contributed by atoms with Crippen LogP contribution in [-0.2, 0) is 9.47 Å². The fraction of sp³-hybridized carbons (Fsp3) is 0.250. The van der Waals surface area contributed by atoms with E-state index in [1.807, 2.05) is 0 Å². The summed E-state index contributed by atoms with van der Waals surface area (Å²) >= 11 is 0. The lowest BCUT2D eigenvalue weighted by Crippen LogP contribution is -2.05. The highest BCUT2D eigenvalue weighted by molar-refractivity contribution is 5.87. The molecule has 2 heterocycles. The normalized spacial score (nSPS) is 9.18. The van der Waals surface area contributed by atoms with E-state index in [4.69, 9.17) is 9.47 Å². The van der Waals surface area contributed by atoms with E-state index in [0.717, 1.165) is 0 Å². The maximum absolute atomic E-state index is 11.0. The molecule has 0 saturated heterocycles. The van der Waals surface area contributed by atoms with Gasteiger partial charge in [0, 0.05) is 12.4 Å². The minimum Gasteiger partial charge on any atom is -0.461 e. The summed E-state index contributed by atoms with van der Waals surface area (Å²) < 4.78 is 9.45. The van der Waals surface area contributed by atoms with Crippen molar-refractivity contribution in [1.29, 1.82) is 0 Å². The van der Waals surface area contributed by atoms with Gasteiger partial charge in [0.25, 0.3) is 0 Å². The van der Waals surface area contributed by atoms with Crippen molar-refractivity contribution in [2.24, 2.45) is 0 Å². The number of nitrogens with zero attached hydrogens (tertiary/aromatic N) is 2. The molecule has 2 rings (SSSR count). The third-order valence-corrected chi connectivity index (χ3v) is 2.30. The molecule has 0 radical (unpaired) electrons. The Kier molecular flexibility index (Phi) is 7.89. The lowest BCUT2D eigenvalue weighted by molar-refractivity contribution is 0.0510. The zero-order valence-corrected chi connectivity index (χ0v) is 12.6. The summed E-state index contributed by atoms with van der Waals surface area (Å²) in [7, 11) is 0. The molecular weight excluding hydrogens is 284 g/mol. The predicted octanol–water partition coefficient (Wildman–Crippen LogP) is 2.52. The Labute approximate surface area is 129 Å². The minimum atomic E-state index is -0.367. The molecule has 22 heavy (non-hydrogen) atoms. The molecule has 0 unspecified atom stereocenters. The number of carbonyl (C=O) groups is 2. The molecule has 2 aromatic heterocycles. The molecule has 0 fully saturated rings. The number of pyridine rings is 2. The lowest BCUT2D eigenvalue weighted by Gasteiger charge is -1.98. The van der Waals surface area contributed by atoms with Crippen LogP contribution >= 0.6 is 0 Å². The summed E-state index contributed by atoms with van der Waals surface area (Å²) in [4.78, 5) is 29.6. The Morgan fingerprint density at radius 2 is 1.23 bits per heavy atom. The summed E-state index contributed by atoms with van der Waals surface area (Å²) in [6.45, 7) is 4.30. The van der Waals surface area contributed by atoms with Crippen LogP contribution < -0.4 is 0 Å². The number of rotatable bonds is 4. The maximum atomic E-state index is 11.0. The van der Waals surface area contributed by atoms with E-state index in [2.05, 4.69) is 9.97 Å². The molecule has 0 amide bonds. The summed E-state index contributed by atoms with van der Waals surface area (Å²) in [5.74, 6) is -0.735. The van der Waals surface area contributed by atoms with Crippen molar-refractivity contribution in [1.82, 2.24) is 9.97 Å². The summed E-state index contributed by atoms with van der Waals surface area (Å²) in [5.41, 5.74) is 0.712. The molecule has 2 aromatic rings. The van der Waals surface area contributed by atoms with Gasteiger partial charge in [-0.1, -0.05) is 12.1 Å². The van der Waals surface area contributed by atoms with Gasteiger partial charge in [-0.05, 0) is 38.1 Å².